The van der Waals surface area contributed by atoms with Crippen molar-refractivity contribution in [3.05, 3.63) is 54.1 Å². The van der Waals surface area contributed by atoms with E-state index in [1.807, 2.05) is 69.3 Å². The summed E-state index contributed by atoms with van der Waals surface area (Å²) in [5.74, 6) is 1.71. The molecule has 0 spiro atoms. The number of anilines is 1. The lowest BCUT2D eigenvalue weighted by Gasteiger charge is -2.18. The van der Waals surface area contributed by atoms with Gasteiger partial charge in [0, 0.05) is 5.69 Å². The van der Waals surface area contributed by atoms with Crippen LogP contribution in [0.4, 0.5) is 5.69 Å². The summed E-state index contributed by atoms with van der Waals surface area (Å²) in [7, 11) is 0. The van der Waals surface area contributed by atoms with Crippen molar-refractivity contribution in [1.82, 2.24) is 5.32 Å². The van der Waals surface area contributed by atoms with Crippen LogP contribution in [0.1, 0.15) is 26.3 Å². The predicted octanol–water partition coefficient (Wildman–Crippen LogP) is 4.54. The van der Waals surface area contributed by atoms with E-state index in [2.05, 4.69) is 17.6 Å². The van der Waals surface area contributed by atoms with E-state index < -0.39 is 0 Å². The number of benzene rings is 2. The molecule has 2 rings (SSSR count). The topological polar surface area (TPSA) is 42.5 Å². The van der Waals surface area contributed by atoms with Crippen molar-refractivity contribution in [3.8, 4) is 11.5 Å². The van der Waals surface area contributed by atoms with E-state index in [9.17, 15) is 0 Å². The van der Waals surface area contributed by atoms with E-state index in [0.29, 0.717) is 11.7 Å². The molecule has 4 nitrogen and oxygen atoms in total. The number of hydrogen-bond acceptors (Lipinski definition) is 3. The van der Waals surface area contributed by atoms with Gasteiger partial charge in [-0.1, -0.05) is 17.7 Å². The first-order valence-electron chi connectivity index (χ1n) is 8.46. The first-order chi connectivity index (χ1) is 11.9. The van der Waals surface area contributed by atoms with Gasteiger partial charge in [-0.15, -0.1) is 0 Å². The van der Waals surface area contributed by atoms with Crippen molar-refractivity contribution < 1.29 is 9.47 Å². The van der Waals surface area contributed by atoms with Crippen molar-refractivity contribution in [2.24, 2.45) is 0 Å². The summed E-state index contributed by atoms with van der Waals surface area (Å²) in [6, 6.07) is 15.8. The van der Waals surface area contributed by atoms with Gasteiger partial charge in [0.2, 0.25) is 0 Å². The molecule has 25 heavy (non-hydrogen) atoms. The Balaban J connectivity index is 1.76. The second-order valence-electron chi connectivity index (χ2n) is 6.31. The Bertz CT molecular complexity index is 669. The standard InChI is InChI=1S/C20H26N2O2S/c1-14(2)24-19-11-7-17(8-12-19)22-20(25)21-16(4)13-23-18-9-5-15(3)6-10-18/h5-12,14,16H,13H2,1-4H3,(H2,21,22,25). The summed E-state index contributed by atoms with van der Waals surface area (Å²) in [4.78, 5) is 0. The number of thiocarbonyl (C=S) groups is 1. The Morgan fingerprint density at radius 3 is 2.16 bits per heavy atom. The molecule has 0 amide bonds. The first-order valence-corrected chi connectivity index (χ1v) is 8.87. The second-order valence-corrected chi connectivity index (χ2v) is 6.72. The molecule has 0 saturated heterocycles. The molecule has 0 aliphatic rings. The van der Waals surface area contributed by atoms with Crippen LogP contribution in [0.25, 0.3) is 0 Å². The first kappa shape index (κ1) is 19.1. The van der Waals surface area contributed by atoms with Crippen LogP contribution in [0.3, 0.4) is 0 Å². The average Bonchev–Trinajstić information content (AvgIpc) is 2.55. The fourth-order valence-electron chi connectivity index (χ4n) is 2.18. The third-order valence-corrected chi connectivity index (χ3v) is 3.60. The maximum Gasteiger partial charge on any atom is 0.171 e. The number of nitrogens with one attached hydrogen (secondary N) is 2. The van der Waals surface area contributed by atoms with Crippen LogP contribution < -0.4 is 20.1 Å². The lowest BCUT2D eigenvalue weighted by atomic mass is 10.2. The highest BCUT2D eigenvalue weighted by molar-refractivity contribution is 7.80. The van der Waals surface area contributed by atoms with Crippen LogP contribution >= 0.6 is 12.2 Å². The molecule has 2 aromatic rings. The largest absolute Gasteiger partial charge is 0.491 e. The third-order valence-electron chi connectivity index (χ3n) is 3.38. The third kappa shape index (κ3) is 7.01. The second kappa shape index (κ2) is 9.28. The molecule has 134 valence electrons. The summed E-state index contributed by atoms with van der Waals surface area (Å²) in [5, 5.41) is 6.96. The maximum absolute atomic E-state index is 5.76. The molecule has 0 radical (unpaired) electrons. The SMILES string of the molecule is Cc1ccc(OCC(C)NC(=S)Nc2ccc(OC(C)C)cc2)cc1. The Morgan fingerprint density at radius 2 is 1.56 bits per heavy atom. The van der Waals surface area contributed by atoms with Crippen LogP contribution in [0.2, 0.25) is 0 Å². The van der Waals surface area contributed by atoms with Crippen LogP contribution in [0, 0.1) is 6.92 Å². The van der Waals surface area contributed by atoms with Crippen molar-refractivity contribution >= 4 is 23.0 Å². The smallest absolute Gasteiger partial charge is 0.171 e. The minimum absolute atomic E-state index is 0.0878. The van der Waals surface area contributed by atoms with Gasteiger partial charge in [0.25, 0.3) is 0 Å². The van der Waals surface area contributed by atoms with Crippen LogP contribution in [0.15, 0.2) is 48.5 Å². The van der Waals surface area contributed by atoms with E-state index >= 15 is 0 Å². The summed E-state index contributed by atoms with van der Waals surface area (Å²) in [6.07, 6.45) is 0.163. The summed E-state index contributed by atoms with van der Waals surface area (Å²) < 4.78 is 11.4. The zero-order valence-electron chi connectivity index (χ0n) is 15.2. The van der Waals surface area contributed by atoms with E-state index in [0.717, 1.165) is 17.2 Å². The molecule has 0 heterocycles. The molecular formula is C20H26N2O2S. The Hall–Kier alpha value is -2.27. The van der Waals surface area contributed by atoms with Crippen LogP contribution in [-0.4, -0.2) is 23.9 Å². The van der Waals surface area contributed by atoms with Gasteiger partial charge < -0.3 is 20.1 Å². The van der Waals surface area contributed by atoms with Gasteiger partial charge in [-0.25, -0.2) is 0 Å². The predicted molar refractivity (Wildman–Crippen MR) is 108 cm³/mol. The molecule has 0 aliphatic heterocycles. The van der Waals surface area contributed by atoms with E-state index in [1.165, 1.54) is 5.56 Å². The van der Waals surface area contributed by atoms with Crippen LogP contribution in [-0.2, 0) is 0 Å². The monoisotopic (exact) mass is 358 g/mol. The molecule has 2 aromatic carbocycles. The summed E-state index contributed by atoms with van der Waals surface area (Å²) >= 11 is 5.35. The number of rotatable bonds is 7. The van der Waals surface area contributed by atoms with Crippen molar-refractivity contribution in [3.63, 3.8) is 0 Å². The zero-order valence-corrected chi connectivity index (χ0v) is 16.0. The molecule has 1 atom stereocenters. The molecule has 0 aliphatic carbocycles. The Kier molecular flexibility index (Phi) is 7.07. The highest BCUT2D eigenvalue weighted by Gasteiger charge is 2.06. The zero-order chi connectivity index (χ0) is 18.2. The maximum atomic E-state index is 5.76. The van der Waals surface area contributed by atoms with Gasteiger partial charge in [-0.3, -0.25) is 0 Å². The fraction of sp³-hybridized carbons (Fsp3) is 0.350. The van der Waals surface area contributed by atoms with Gasteiger partial charge in [0.05, 0.1) is 12.1 Å². The normalized spacial score (nSPS) is 11.7. The lowest BCUT2D eigenvalue weighted by Crippen LogP contribution is -2.39. The van der Waals surface area contributed by atoms with E-state index in [1.54, 1.807) is 0 Å². The van der Waals surface area contributed by atoms with E-state index in [-0.39, 0.29) is 12.1 Å². The molecule has 2 N–H and O–H groups in total. The number of ether oxygens (including phenoxy) is 2. The summed E-state index contributed by atoms with van der Waals surface area (Å²) in [6.45, 7) is 8.63. The molecule has 0 fully saturated rings. The van der Waals surface area contributed by atoms with E-state index in [4.69, 9.17) is 21.7 Å². The number of aryl methyl sites for hydroxylation is 1. The Morgan fingerprint density at radius 1 is 0.960 bits per heavy atom. The van der Waals surface area contributed by atoms with Crippen molar-refractivity contribution in [2.45, 2.75) is 39.8 Å². The minimum atomic E-state index is 0.0878. The van der Waals surface area contributed by atoms with Gasteiger partial charge in [-0.05, 0) is 76.3 Å². The summed E-state index contributed by atoms with van der Waals surface area (Å²) in [5.41, 5.74) is 2.13. The quantitative estimate of drug-likeness (QED) is 0.712. The van der Waals surface area contributed by atoms with Gasteiger partial charge in [0.15, 0.2) is 5.11 Å². The molecule has 0 saturated carbocycles. The molecule has 0 bridgehead atoms. The lowest BCUT2D eigenvalue weighted by molar-refractivity contribution is 0.242. The highest BCUT2D eigenvalue weighted by atomic mass is 32.1. The van der Waals surface area contributed by atoms with Crippen molar-refractivity contribution in [2.75, 3.05) is 11.9 Å². The van der Waals surface area contributed by atoms with Gasteiger partial charge >= 0.3 is 0 Å². The molecule has 5 heteroatoms. The molecule has 1 unspecified atom stereocenters. The van der Waals surface area contributed by atoms with Crippen LogP contribution in [0.5, 0.6) is 11.5 Å². The van der Waals surface area contributed by atoms with Gasteiger partial charge in [0.1, 0.15) is 18.1 Å². The Labute approximate surface area is 155 Å². The number of hydrogen-bond donors (Lipinski definition) is 2. The fourth-order valence-corrected chi connectivity index (χ4v) is 2.50. The minimum Gasteiger partial charge on any atom is -0.491 e. The average molecular weight is 359 g/mol. The van der Waals surface area contributed by atoms with Gasteiger partial charge in [-0.2, -0.15) is 0 Å². The van der Waals surface area contributed by atoms with Crippen molar-refractivity contribution in [1.29, 1.82) is 0 Å². The molecular weight excluding hydrogens is 332 g/mol. The highest BCUT2D eigenvalue weighted by Crippen LogP contribution is 2.17. The molecule has 0 aromatic heterocycles.